The van der Waals surface area contributed by atoms with Crippen LogP contribution in [0.1, 0.15) is 44.7 Å². The van der Waals surface area contributed by atoms with Crippen LogP contribution in [0.2, 0.25) is 0 Å². The third-order valence-corrected chi connectivity index (χ3v) is 4.00. The largest absolute Gasteiger partial charge is 0.381 e. The van der Waals surface area contributed by atoms with Crippen molar-refractivity contribution in [2.75, 3.05) is 13.2 Å². The van der Waals surface area contributed by atoms with Gasteiger partial charge in [-0.25, -0.2) is 0 Å². The van der Waals surface area contributed by atoms with E-state index in [1.54, 1.807) is 54.6 Å². The van der Waals surface area contributed by atoms with E-state index in [1.165, 1.54) is 29.4 Å². The highest BCUT2D eigenvalue weighted by molar-refractivity contribution is 6.33. The summed E-state index contributed by atoms with van der Waals surface area (Å²) in [6.45, 7) is 2.00. The molecule has 0 aliphatic carbocycles. The number of carbonyl (C=O) groups is 2. The Hall–Kier alpha value is -2.79. The SMILES string of the molecule is C#Cc1ccc(C=O)cc1.C1CCOC1.Cl/C=C/Cl.O=Cc1ccc(C#C/C=C/Cl)cc1. The van der Waals surface area contributed by atoms with Gasteiger partial charge in [0.15, 0.2) is 0 Å². The molecule has 0 atom stereocenters. The molecule has 0 aromatic heterocycles. The normalized spacial score (nSPS) is 11.3. The second-order valence-corrected chi connectivity index (χ2v) is 6.51. The van der Waals surface area contributed by atoms with E-state index >= 15 is 0 Å². The summed E-state index contributed by atoms with van der Waals surface area (Å²) in [6.07, 6.45) is 10.8. The fraction of sp³-hybridized carbons (Fsp3) is 0.154. The van der Waals surface area contributed by atoms with Gasteiger partial charge < -0.3 is 4.74 Å². The highest BCUT2D eigenvalue weighted by atomic mass is 35.5. The van der Waals surface area contributed by atoms with Crippen LogP contribution in [0.15, 0.2) is 71.2 Å². The number of hydrogen-bond donors (Lipinski definition) is 0. The first kappa shape index (κ1) is 29.2. The van der Waals surface area contributed by atoms with E-state index in [-0.39, 0.29) is 0 Å². The molecule has 1 aliphatic rings. The van der Waals surface area contributed by atoms with Crippen molar-refractivity contribution >= 4 is 47.4 Å². The molecule has 1 aliphatic heterocycles. The Kier molecular flexibility index (Phi) is 19.6. The Morgan fingerprint density at radius 2 is 1.22 bits per heavy atom. The summed E-state index contributed by atoms with van der Waals surface area (Å²) in [7, 11) is 0. The van der Waals surface area contributed by atoms with Gasteiger partial charge in [-0.1, -0.05) is 76.8 Å². The zero-order valence-corrected chi connectivity index (χ0v) is 19.6. The Morgan fingerprint density at radius 1 is 0.750 bits per heavy atom. The summed E-state index contributed by atoms with van der Waals surface area (Å²) < 4.78 is 4.94. The summed E-state index contributed by atoms with van der Waals surface area (Å²) >= 11 is 15.0. The summed E-state index contributed by atoms with van der Waals surface area (Å²) in [5, 5.41) is 0. The van der Waals surface area contributed by atoms with Gasteiger partial charge in [0.1, 0.15) is 12.6 Å². The van der Waals surface area contributed by atoms with Crippen LogP contribution in [0.3, 0.4) is 0 Å². The lowest BCUT2D eigenvalue weighted by molar-refractivity contribution is 0.111. The van der Waals surface area contributed by atoms with Crippen molar-refractivity contribution < 1.29 is 14.3 Å². The summed E-state index contributed by atoms with van der Waals surface area (Å²) in [5.74, 6) is 8.06. The molecular weight excluding hydrogens is 467 g/mol. The smallest absolute Gasteiger partial charge is 0.150 e. The van der Waals surface area contributed by atoms with Crippen LogP contribution in [-0.4, -0.2) is 25.8 Å². The highest BCUT2D eigenvalue weighted by Gasteiger charge is 1.94. The second kappa shape index (κ2) is 21.4. The first-order chi connectivity index (χ1) is 15.6. The van der Waals surface area contributed by atoms with Gasteiger partial charge in [0.05, 0.1) is 0 Å². The predicted molar refractivity (Wildman–Crippen MR) is 134 cm³/mol. The van der Waals surface area contributed by atoms with Gasteiger partial charge in [0.2, 0.25) is 0 Å². The molecule has 32 heavy (non-hydrogen) atoms. The second-order valence-electron chi connectivity index (χ2n) is 5.76. The number of allylic oxidation sites excluding steroid dienone is 1. The van der Waals surface area contributed by atoms with Crippen molar-refractivity contribution in [2.24, 2.45) is 0 Å². The molecule has 0 bridgehead atoms. The van der Waals surface area contributed by atoms with E-state index in [0.717, 1.165) is 36.9 Å². The van der Waals surface area contributed by atoms with Crippen LogP contribution in [0.5, 0.6) is 0 Å². The number of hydrogen-bond acceptors (Lipinski definition) is 3. The molecular formula is C26H23Cl3O3. The number of halogens is 3. The zero-order valence-electron chi connectivity index (χ0n) is 17.3. The first-order valence-corrected chi connectivity index (χ1v) is 10.7. The van der Waals surface area contributed by atoms with Crippen molar-refractivity contribution in [2.45, 2.75) is 12.8 Å². The van der Waals surface area contributed by atoms with Crippen molar-refractivity contribution in [3.8, 4) is 24.2 Å². The molecule has 0 unspecified atom stereocenters. The molecule has 1 heterocycles. The average molecular weight is 490 g/mol. The molecule has 6 heteroatoms. The Labute approximate surface area is 205 Å². The Bertz CT molecular complexity index is 914. The van der Waals surface area contributed by atoms with Gasteiger partial charge in [0.25, 0.3) is 0 Å². The number of aldehydes is 2. The molecule has 3 rings (SSSR count). The summed E-state index contributed by atoms with van der Waals surface area (Å²) in [4.78, 5) is 20.5. The Balaban J connectivity index is 0.000000444. The summed E-state index contributed by atoms with van der Waals surface area (Å²) in [5.41, 5.74) is 6.79. The quantitative estimate of drug-likeness (QED) is 0.343. The maximum absolute atomic E-state index is 10.3. The van der Waals surface area contributed by atoms with Gasteiger partial charge in [-0.2, -0.15) is 0 Å². The molecule has 0 radical (unpaired) electrons. The maximum atomic E-state index is 10.3. The minimum absolute atomic E-state index is 0.651. The van der Waals surface area contributed by atoms with Gasteiger partial charge in [-0.3, -0.25) is 9.59 Å². The van der Waals surface area contributed by atoms with E-state index in [9.17, 15) is 9.59 Å². The molecule has 1 saturated heterocycles. The van der Waals surface area contributed by atoms with Gasteiger partial charge in [0, 0.05) is 52.1 Å². The van der Waals surface area contributed by atoms with Crippen LogP contribution in [0, 0.1) is 24.2 Å². The fourth-order valence-electron chi connectivity index (χ4n) is 1.97. The maximum Gasteiger partial charge on any atom is 0.150 e. The van der Waals surface area contributed by atoms with E-state index < -0.39 is 0 Å². The van der Waals surface area contributed by atoms with Crippen molar-refractivity contribution in [1.82, 2.24) is 0 Å². The van der Waals surface area contributed by atoms with E-state index in [4.69, 9.17) is 46.0 Å². The predicted octanol–water partition coefficient (Wildman–Crippen LogP) is 6.82. The molecule has 0 saturated carbocycles. The number of benzene rings is 2. The minimum Gasteiger partial charge on any atom is -0.381 e. The minimum atomic E-state index is 0.651. The van der Waals surface area contributed by atoms with Crippen molar-refractivity contribution in [1.29, 1.82) is 0 Å². The summed E-state index contributed by atoms with van der Waals surface area (Å²) in [6, 6.07) is 13.9. The molecule has 3 nitrogen and oxygen atoms in total. The molecule has 166 valence electrons. The van der Waals surface area contributed by atoms with Crippen LogP contribution >= 0.6 is 34.8 Å². The van der Waals surface area contributed by atoms with Gasteiger partial charge in [-0.05, 0) is 43.2 Å². The first-order valence-electron chi connectivity index (χ1n) is 9.42. The molecule has 1 fully saturated rings. The highest BCUT2D eigenvalue weighted by Crippen LogP contribution is 2.01. The van der Waals surface area contributed by atoms with Gasteiger partial charge >= 0.3 is 0 Å². The fourth-order valence-corrected chi connectivity index (χ4v) is 2.03. The van der Waals surface area contributed by atoms with E-state index in [0.29, 0.717) is 11.1 Å². The average Bonchev–Trinajstić information content (AvgIpc) is 3.46. The van der Waals surface area contributed by atoms with Crippen LogP contribution in [-0.2, 0) is 4.74 Å². The van der Waals surface area contributed by atoms with Crippen molar-refractivity contribution in [3.05, 3.63) is 93.5 Å². The lowest BCUT2D eigenvalue weighted by Crippen LogP contribution is -1.79. The third-order valence-electron chi connectivity index (χ3n) is 3.50. The number of carbonyl (C=O) groups excluding carboxylic acids is 2. The molecule has 2 aromatic rings. The standard InChI is InChI=1S/C11H7ClO.C9H6O.C4H8O.C2H2Cl2/c12-8-2-1-3-10-4-6-11(9-13)7-5-10;1-2-8-3-5-9(7-10)6-4-8;1-2-4-5-3-1;3-1-2-4/h2,4-9H;1,3-7H;1-4H2;1-2H/b8-2+;;;2-1+. The molecule has 2 aromatic carbocycles. The number of rotatable bonds is 2. The lowest BCUT2D eigenvalue weighted by atomic mass is 10.1. The van der Waals surface area contributed by atoms with Crippen LogP contribution in [0.4, 0.5) is 0 Å². The zero-order chi connectivity index (χ0) is 23.9. The van der Waals surface area contributed by atoms with E-state index in [1.807, 2.05) is 0 Å². The molecule has 0 amide bonds. The van der Waals surface area contributed by atoms with Gasteiger partial charge in [-0.15, -0.1) is 6.42 Å². The number of terminal acetylenes is 1. The van der Waals surface area contributed by atoms with E-state index in [2.05, 4.69) is 17.8 Å². The Morgan fingerprint density at radius 3 is 1.53 bits per heavy atom. The molecule has 0 spiro atoms. The van der Waals surface area contributed by atoms with Crippen LogP contribution in [0.25, 0.3) is 0 Å². The third kappa shape index (κ3) is 16.0. The van der Waals surface area contributed by atoms with Crippen LogP contribution < -0.4 is 0 Å². The molecule has 0 N–H and O–H groups in total. The lowest BCUT2D eigenvalue weighted by Gasteiger charge is -1.89. The monoisotopic (exact) mass is 488 g/mol. The van der Waals surface area contributed by atoms with Crippen molar-refractivity contribution in [3.63, 3.8) is 0 Å². The number of ether oxygens (including phenoxy) is 1. The topological polar surface area (TPSA) is 43.4 Å².